The first-order valence-electron chi connectivity index (χ1n) is 7.27. The Morgan fingerprint density at radius 1 is 1.33 bits per heavy atom. The highest BCUT2D eigenvalue weighted by atomic mass is 35.5. The number of hydrogen-bond donors (Lipinski definition) is 0. The standard InChI is InChI=1S/C16H23ClN2O2/c1-12-10-14(4-5-16(12)21-3)15(17)11-18-6-8-19(9-7-18)13(2)20/h4-5,10,15H,6-9,11H2,1-3H3. The molecule has 1 saturated heterocycles. The first kappa shape index (κ1) is 16.1. The third-order valence-electron chi connectivity index (χ3n) is 4.02. The van der Waals surface area contributed by atoms with Gasteiger partial charge in [0, 0.05) is 39.6 Å². The van der Waals surface area contributed by atoms with Gasteiger partial charge in [0.2, 0.25) is 5.91 Å². The predicted molar refractivity (Wildman–Crippen MR) is 85.0 cm³/mol. The fourth-order valence-electron chi connectivity index (χ4n) is 2.67. The van der Waals surface area contributed by atoms with Crippen molar-refractivity contribution in [2.24, 2.45) is 0 Å². The quantitative estimate of drug-likeness (QED) is 0.801. The van der Waals surface area contributed by atoms with Gasteiger partial charge in [-0.25, -0.2) is 0 Å². The van der Waals surface area contributed by atoms with E-state index in [0.717, 1.165) is 49.6 Å². The van der Waals surface area contributed by atoms with Crippen LogP contribution in [0.1, 0.15) is 23.4 Å². The van der Waals surface area contributed by atoms with E-state index in [1.54, 1.807) is 14.0 Å². The van der Waals surface area contributed by atoms with E-state index in [0.29, 0.717) is 0 Å². The van der Waals surface area contributed by atoms with E-state index in [1.165, 1.54) is 0 Å². The number of benzene rings is 1. The molecule has 0 aromatic heterocycles. The molecule has 116 valence electrons. The molecule has 21 heavy (non-hydrogen) atoms. The molecule has 1 aromatic carbocycles. The zero-order valence-electron chi connectivity index (χ0n) is 12.9. The van der Waals surface area contributed by atoms with Gasteiger partial charge in [-0.15, -0.1) is 11.6 Å². The molecule has 1 unspecified atom stereocenters. The maximum absolute atomic E-state index is 11.3. The number of methoxy groups -OCH3 is 1. The molecular weight excluding hydrogens is 288 g/mol. The summed E-state index contributed by atoms with van der Waals surface area (Å²) in [6.07, 6.45) is 0. The van der Waals surface area contributed by atoms with Crippen molar-refractivity contribution >= 4 is 17.5 Å². The van der Waals surface area contributed by atoms with Gasteiger partial charge < -0.3 is 9.64 Å². The first-order valence-corrected chi connectivity index (χ1v) is 7.71. The van der Waals surface area contributed by atoms with Crippen LogP contribution in [0.3, 0.4) is 0 Å². The second kappa shape index (κ2) is 7.14. The SMILES string of the molecule is COc1ccc(C(Cl)CN2CCN(C(C)=O)CC2)cc1C. The Kier molecular flexibility index (Phi) is 5.48. The molecule has 2 rings (SSSR count). The van der Waals surface area contributed by atoms with Gasteiger partial charge in [0.1, 0.15) is 5.75 Å². The summed E-state index contributed by atoms with van der Waals surface area (Å²) < 4.78 is 5.27. The molecular formula is C16H23ClN2O2. The number of nitrogens with zero attached hydrogens (tertiary/aromatic N) is 2. The van der Waals surface area contributed by atoms with Gasteiger partial charge in [0.15, 0.2) is 0 Å². The summed E-state index contributed by atoms with van der Waals surface area (Å²) in [5.41, 5.74) is 2.21. The molecule has 1 amide bonds. The average Bonchev–Trinajstić information content (AvgIpc) is 2.47. The van der Waals surface area contributed by atoms with Crippen LogP contribution in [-0.4, -0.2) is 55.5 Å². The van der Waals surface area contributed by atoms with Crippen LogP contribution < -0.4 is 4.74 Å². The minimum Gasteiger partial charge on any atom is -0.496 e. The Hall–Kier alpha value is -1.26. The van der Waals surface area contributed by atoms with Crippen molar-refractivity contribution < 1.29 is 9.53 Å². The van der Waals surface area contributed by atoms with Gasteiger partial charge in [-0.2, -0.15) is 0 Å². The van der Waals surface area contributed by atoms with E-state index in [2.05, 4.69) is 11.0 Å². The molecule has 1 aromatic rings. The average molecular weight is 311 g/mol. The fourth-order valence-corrected chi connectivity index (χ4v) is 3.00. The van der Waals surface area contributed by atoms with Crippen molar-refractivity contribution in [3.8, 4) is 5.75 Å². The highest BCUT2D eigenvalue weighted by Crippen LogP contribution is 2.27. The van der Waals surface area contributed by atoms with E-state index >= 15 is 0 Å². The molecule has 0 radical (unpaired) electrons. The summed E-state index contributed by atoms with van der Waals surface area (Å²) in [6.45, 7) is 7.81. The van der Waals surface area contributed by atoms with Crippen molar-refractivity contribution in [2.45, 2.75) is 19.2 Å². The van der Waals surface area contributed by atoms with Crippen molar-refractivity contribution in [1.82, 2.24) is 9.80 Å². The van der Waals surface area contributed by atoms with E-state index in [9.17, 15) is 4.79 Å². The number of hydrogen-bond acceptors (Lipinski definition) is 3. The number of alkyl halides is 1. The molecule has 1 heterocycles. The summed E-state index contributed by atoms with van der Waals surface area (Å²) in [5, 5.41) is -0.0431. The third-order valence-corrected chi connectivity index (χ3v) is 4.41. The van der Waals surface area contributed by atoms with Crippen molar-refractivity contribution in [3.05, 3.63) is 29.3 Å². The molecule has 1 atom stereocenters. The van der Waals surface area contributed by atoms with E-state index in [-0.39, 0.29) is 11.3 Å². The van der Waals surface area contributed by atoms with Crippen LogP contribution >= 0.6 is 11.6 Å². The van der Waals surface area contributed by atoms with Crippen molar-refractivity contribution in [3.63, 3.8) is 0 Å². The highest BCUT2D eigenvalue weighted by molar-refractivity contribution is 6.21. The van der Waals surface area contributed by atoms with Gasteiger partial charge in [0.05, 0.1) is 12.5 Å². The Morgan fingerprint density at radius 2 is 2.00 bits per heavy atom. The van der Waals surface area contributed by atoms with Crippen LogP contribution in [0.2, 0.25) is 0 Å². The van der Waals surface area contributed by atoms with Crippen LogP contribution in [0.4, 0.5) is 0 Å². The minimum atomic E-state index is -0.0431. The largest absolute Gasteiger partial charge is 0.496 e. The lowest BCUT2D eigenvalue weighted by Crippen LogP contribution is -2.48. The van der Waals surface area contributed by atoms with Crippen LogP contribution in [0.15, 0.2) is 18.2 Å². The van der Waals surface area contributed by atoms with E-state index < -0.39 is 0 Å². The van der Waals surface area contributed by atoms with Gasteiger partial charge >= 0.3 is 0 Å². The number of piperazine rings is 1. The maximum Gasteiger partial charge on any atom is 0.219 e. The normalized spacial score (nSPS) is 17.6. The van der Waals surface area contributed by atoms with Gasteiger partial charge in [-0.3, -0.25) is 9.69 Å². The molecule has 0 N–H and O–H groups in total. The summed E-state index contributed by atoms with van der Waals surface area (Å²) in [6, 6.07) is 6.07. The lowest BCUT2D eigenvalue weighted by atomic mass is 10.1. The lowest BCUT2D eigenvalue weighted by molar-refractivity contribution is -0.130. The predicted octanol–water partition coefficient (Wildman–Crippen LogP) is 2.45. The van der Waals surface area contributed by atoms with Crippen molar-refractivity contribution in [2.75, 3.05) is 39.8 Å². The topological polar surface area (TPSA) is 32.8 Å². The maximum atomic E-state index is 11.3. The summed E-state index contributed by atoms with van der Waals surface area (Å²) in [4.78, 5) is 15.5. The third kappa shape index (κ3) is 4.11. The monoisotopic (exact) mass is 310 g/mol. The Morgan fingerprint density at radius 3 is 2.52 bits per heavy atom. The molecule has 0 bridgehead atoms. The van der Waals surface area contributed by atoms with Gasteiger partial charge in [-0.1, -0.05) is 12.1 Å². The number of ether oxygens (including phenoxy) is 1. The Labute approximate surface area is 131 Å². The number of halogens is 1. The Bertz CT molecular complexity index is 499. The minimum absolute atomic E-state index is 0.0431. The van der Waals surface area contributed by atoms with Crippen LogP contribution in [0.25, 0.3) is 0 Å². The molecule has 1 aliphatic heterocycles. The summed E-state index contributed by atoms with van der Waals surface area (Å²) >= 11 is 6.54. The number of rotatable bonds is 4. The zero-order valence-corrected chi connectivity index (χ0v) is 13.7. The molecule has 4 nitrogen and oxygen atoms in total. The second-order valence-electron chi connectivity index (χ2n) is 5.50. The number of carbonyl (C=O) groups is 1. The van der Waals surface area contributed by atoms with E-state index in [4.69, 9.17) is 16.3 Å². The van der Waals surface area contributed by atoms with Crippen molar-refractivity contribution in [1.29, 1.82) is 0 Å². The molecule has 0 aliphatic carbocycles. The smallest absolute Gasteiger partial charge is 0.219 e. The van der Waals surface area contributed by atoms with Crippen LogP contribution in [-0.2, 0) is 4.79 Å². The fraction of sp³-hybridized carbons (Fsp3) is 0.562. The van der Waals surface area contributed by atoms with Crippen LogP contribution in [0.5, 0.6) is 5.75 Å². The molecule has 1 fully saturated rings. The molecule has 5 heteroatoms. The molecule has 1 aliphatic rings. The lowest BCUT2D eigenvalue weighted by Gasteiger charge is -2.35. The Balaban J connectivity index is 1.91. The number of aryl methyl sites for hydroxylation is 1. The second-order valence-corrected chi connectivity index (χ2v) is 6.03. The summed E-state index contributed by atoms with van der Waals surface area (Å²) in [7, 11) is 1.68. The molecule has 0 saturated carbocycles. The summed E-state index contributed by atoms with van der Waals surface area (Å²) in [5.74, 6) is 1.04. The van der Waals surface area contributed by atoms with Gasteiger partial charge in [0.25, 0.3) is 0 Å². The van der Waals surface area contributed by atoms with Crippen LogP contribution in [0, 0.1) is 6.92 Å². The zero-order chi connectivity index (χ0) is 15.4. The molecule has 0 spiro atoms. The van der Waals surface area contributed by atoms with E-state index in [1.807, 2.05) is 24.0 Å². The first-order chi connectivity index (χ1) is 10.0. The van der Waals surface area contributed by atoms with Gasteiger partial charge in [-0.05, 0) is 24.1 Å². The highest BCUT2D eigenvalue weighted by Gasteiger charge is 2.21. The number of amides is 1. The number of carbonyl (C=O) groups excluding carboxylic acids is 1.